The number of anilines is 4. The minimum atomic E-state index is -0.385. The van der Waals surface area contributed by atoms with Crippen molar-refractivity contribution in [2.75, 3.05) is 41.8 Å². The number of morpholine rings is 1. The van der Waals surface area contributed by atoms with Gasteiger partial charge in [-0.25, -0.2) is 4.98 Å². The topological polar surface area (TPSA) is 92.5 Å². The number of amides is 1. The van der Waals surface area contributed by atoms with Gasteiger partial charge in [0.05, 0.1) is 19.6 Å². The first-order valence-corrected chi connectivity index (χ1v) is 10.8. The summed E-state index contributed by atoms with van der Waals surface area (Å²) >= 11 is 0. The van der Waals surface area contributed by atoms with E-state index in [9.17, 15) is 4.79 Å². The molecule has 1 fully saturated rings. The molecule has 0 spiro atoms. The Morgan fingerprint density at radius 2 is 1.81 bits per heavy atom. The van der Waals surface area contributed by atoms with E-state index in [1.165, 1.54) is 11.3 Å². The highest BCUT2D eigenvalue weighted by Crippen LogP contribution is 2.25. The van der Waals surface area contributed by atoms with Crippen LogP contribution in [0.3, 0.4) is 0 Å². The number of hydrogen-bond donors (Lipinski definition) is 3. The Morgan fingerprint density at radius 1 is 1.09 bits per heavy atom. The van der Waals surface area contributed by atoms with Gasteiger partial charge < -0.3 is 26.0 Å². The zero-order valence-electron chi connectivity index (χ0n) is 18.3. The van der Waals surface area contributed by atoms with Crippen LogP contribution in [0.5, 0.6) is 0 Å². The van der Waals surface area contributed by atoms with E-state index in [1.54, 1.807) is 6.20 Å². The average molecular weight is 432 g/mol. The van der Waals surface area contributed by atoms with Crippen LogP contribution in [0.1, 0.15) is 16.7 Å². The summed E-state index contributed by atoms with van der Waals surface area (Å²) in [6.45, 7) is 6.05. The van der Waals surface area contributed by atoms with Crippen molar-refractivity contribution in [2.45, 2.75) is 19.9 Å². The van der Waals surface area contributed by atoms with Gasteiger partial charge in [-0.2, -0.15) is 0 Å². The molecule has 0 unspecified atom stereocenters. The number of carbonyl (C=O) groups is 1. The zero-order chi connectivity index (χ0) is 22.3. The third kappa shape index (κ3) is 5.76. The van der Waals surface area contributed by atoms with E-state index in [-0.39, 0.29) is 12.3 Å². The number of rotatable bonds is 8. The van der Waals surface area contributed by atoms with Crippen molar-refractivity contribution in [2.24, 2.45) is 5.73 Å². The molecule has 0 radical (unpaired) electrons. The molecule has 1 amide bonds. The first-order valence-electron chi connectivity index (χ1n) is 10.8. The van der Waals surface area contributed by atoms with Gasteiger partial charge in [0.15, 0.2) is 0 Å². The van der Waals surface area contributed by atoms with Gasteiger partial charge in [-0.15, -0.1) is 0 Å². The summed E-state index contributed by atoms with van der Waals surface area (Å²) in [5, 5.41) is 6.78. The van der Waals surface area contributed by atoms with Crippen LogP contribution in [-0.2, 0) is 22.5 Å². The van der Waals surface area contributed by atoms with Gasteiger partial charge in [-0.05, 0) is 36.8 Å². The van der Waals surface area contributed by atoms with Gasteiger partial charge in [-0.1, -0.05) is 29.8 Å². The van der Waals surface area contributed by atoms with E-state index in [2.05, 4.69) is 63.8 Å². The summed E-state index contributed by atoms with van der Waals surface area (Å²) in [7, 11) is 0. The fourth-order valence-electron chi connectivity index (χ4n) is 3.67. The van der Waals surface area contributed by atoms with Crippen LogP contribution >= 0.6 is 0 Å². The smallest absolute Gasteiger partial charge is 0.221 e. The van der Waals surface area contributed by atoms with Crippen molar-refractivity contribution in [1.29, 1.82) is 0 Å². The van der Waals surface area contributed by atoms with Gasteiger partial charge in [0.2, 0.25) is 5.91 Å². The van der Waals surface area contributed by atoms with Crippen LogP contribution in [0, 0.1) is 6.92 Å². The molecule has 32 heavy (non-hydrogen) atoms. The molecule has 4 N–H and O–H groups in total. The van der Waals surface area contributed by atoms with Crippen LogP contribution < -0.4 is 21.3 Å². The monoisotopic (exact) mass is 431 g/mol. The SMILES string of the molecule is Cc1ccc(CNc2cc(Nc3ccc(N4CCOCC4)cc3)ncc2CC(N)=O)cc1. The van der Waals surface area contributed by atoms with Gasteiger partial charge in [0.25, 0.3) is 0 Å². The second-order valence-electron chi connectivity index (χ2n) is 7.98. The summed E-state index contributed by atoms with van der Waals surface area (Å²) in [5.74, 6) is 0.313. The van der Waals surface area contributed by atoms with Crippen LogP contribution in [0.15, 0.2) is 60.8 Å². The Balaban J connectivity index is 1.47. The minimum Gasteiger partial charge on any atom is -0.381 e. The van der Waals surface area contributed by atoms with Gasteiger partial charge >= 0.3 is 0 Å². The molecular formula is C25H29N5O2. The highest BCUT2D eigenvalue weighted by molar-refractivity contribution is 5.79. The molecular weight excluding hydrogens is 402 g/mol. The van der Waals surface area contributed by atoms with E-state index in [0.29, 0.717) is 12.4 Å². The maximum absolute atomic E-state index is 11.5. The lowest BCUT2D eigenvalue weighted by atomic mass is 10.1. The molecule has 1 saturated heterocycles. The number of nitrogens with zero attached hydrogens (tertiary/aromatic N) is 2. The molecule has 1 aromatic heterocycles. The lowest BCUT2D eigenvalue weighted by Crippen LogP contribution is -2.36. The molecule has 0 atom stereocenters. The van der Waals surface area contributed by atoms with Crippen LogP contribution in [0.4, 0.5) is 22.9 Å². The predicted molar refractivity (Wildman–Crippen MR) is 128 cm³/mol. The summed E-state index contributed by atoms with van der Waals surface area (Å²) in [4.78, 5) is 18.3. The second-order valence-corrected chi connectivity index (χ2v) is 7.98. The van der Waals surface area contributed by atoms with Gasteiger partial charge in [0, 0.05) is 54.5 Å². The van der Waals surface area contributed by atoms with Crippen LogP contribution in [0.2, 0.25) is 0 Å². The molecule has 2 aromatic carbocycles. The fourth-order valence-corrected chi connectivity index (χ4v) is 3.67. The molecule has 0 bridgehead atoms. The molecule has 2 heterocycles. The number of pyridine rings is 1. The molecule has 3 aromatic rings. The largest absolute Gasteiger partial charge is 0.381 e. The number of aryl methyl sites for hydroxylation is 1. The third-order valence-corrected chi connectivity index (χ3v) is 5.47. The lowest BCUT2D eigenvalue weighted by Gasteiger charge is -2.28. The Bertz CT molecular complexity index is 1040. The Kier molecular flexibility index (Phi) is 6.87. The van der Waals surface area contributed by atoms with Gasteiger partial charge in [-0.3, -0.25) is 4.79 Å². The lowest BCUT2D eigenvalue weighted by molar-refractivity contribution is -0.117. The van der Waals surface area contributed by atoms with E-state index in [4.69, 9.17) is 10.5 Å². The number of hydrogen-bond acceptors (Lipinski definition) is 6. The maximum Gasteiger partial charge on any atom is 0.221 e. The van der Waals surface area contributed by atoms with Crippen molar-refractivity contribution in [3.05, 3.63) is 77.5 Å². The number of carbonyl (C=O) groups excluding carboxylic acids is 1. The molecule has 7 heteroatoms. The quantitative estimate of drug-likeness (QED) is 0.505. The number of nitrogens with two attached hydrogens (primary N) is 1. The molecule has 1 aliphatic heterocycles. The number of nitrogens with one attached hydrogen (secondary N) is 2. The first kappa shape index (κ1) is 21.6. The highest BCUT2D eigenvalue weighted by atomic mass is 16.5. The molecule has 7 nitrogen and oxygen atoms in total. The van der Waals surface area contributed by atoms with Crippen LogP contribution in [0.25, 0.3) is 0 Å². The van der Waals surface area contributed by atoms with Crippen molar-refractivity contribution in [3.8, 4) is 0 Å². The van der Waals surface area contributed by atoms with E-state index in [1.807, 2.05) is 18.2 Å². The summed E-state index contributed by atoms with van der Waals surface area (Å²) in [6, 6.07) is 18.6. The standard InChI is InChI=1S/C25H29N5O2/c1-18-2-4-19(5-3-18)16-27-23-15-25(28-17-20(23)14-24(26)31)29-21-6-8-22(9-7-21)30-10-12-32-13-11-30/h2-9,15,17H,10-14,16H2,1H3,(H2,26,31)(H2,27,28,29). The van der Waals surface area contributed by atoms with Gasteiger partial charge in [0.1, 0.15) is 5.82 Å². The first-order chi connectivity index (χ1) is 15.6. The molecule has 0 aliphatic carbocycles. The van der Waals surface area contributed by atoms with Crippen molar-refractivity contribution < 1.29 is 9.53 Å². The number of benzene rings is 2. The summed E-state index contributed by atoms with van der Waals surface area (Å²) in [5.41, 5.74) is 11.6. The normalized spacial score (nSPS) is 13.6. The number of aromatic nitrogens is 1. The average Bonchev–Trinajstić information content (AvgIpc) is 2.81. The third-order valence-electron chi connectivity index (χ3n) is 5.47. The Hall–Kier alpha value is -3.58. The molecule has 4 rings (SSSR count). The highest BCUT2D eigenvalue weighted by Gasteiger charge is 2.12. The molecule has 166 valence electrons. The van der Waals surface area contributed by atoms with Crippen molar-refractivity contribution in [1.82, 2.24) is 4.98 Å². The Morgan fingerprint density at radius 3 is 2.50 bits per heavy atom. The van der Waals surface area contributed by atoms with Crippen LogP contribution in [-0.4, -0.2) is 37.2 Å². The van der Waals surface area contributed by atoms with Crippen molar-refractivity contribution >= 4 is 28.8 Å². The second kappa shape index (κ2) is 10.2. The molecule has 1 aliphatic rings. The van der Waals surface area contributed by atoms with E-state index >= 15 is 0 Å². The fraction of sp³-hybridized carbons (Fsp3) is 0.280. The number of ether oxygens (including phenoxy) is 1. The van der Waals surface area contributed by atoms with E-state index < -0.39 is 0 Å². The number of primary amides is 1. The van der Waals surface area contributed by atoms with E-state index in [0.717, 1.165) is 48.8 Å². The summed E-state index contributed by atoms with van der Waals surface area (Å²) < 4.78 is 5.42. The van der Waals surface area contributed by atoms with Crippen molar-refractivity contribution in [3.63, 3.8) is 0 Å². The zero-order valence-corrected chi connectivity index (χ0v) is 18.3. The minimum absolute atomic E-state index is 0.137. The predicted octanol–water partition coefficient (Wildman–Crippen LogP) is 3.61. The molecule has 0 saturated carbocycles. The maximum atomic E-state index is 11.5. The summed E-state index contributed by atoms with van der Waals surface area (Å²) in [6.07, 6.45) is 1.84. The Labute approximate surface area is 188 Å².